The second kappa shape index (κ2) is 7.05. The molecule has 0 saturated carbocycles. The first-order valence-electron chi connectivity index (χ1n) is 6.44. The van der Waals surface area contributed by atoms with E-state index in [1.807, 2.05) is 24.3 Å². The number of hydrogen-bond acceptors (Lipinski definition) is 4. The molecular weight excluding hydrogens is 250 g/mol. The van der Waals surface area contributed by atoms with Gasteiger partial charge in [0.05, 0.1) is 24.0 Å². The maximum atomic E-state index is 8.75. The van der Waals surface area contributed by atoms with Crippen LogP contribution in [0.4, 0.5) is 0 Å². The molecule has 0 spiro atoms. The number of ether oxygens (including phenoxy) is 1. The molecule has 2 rings (SSSR count). The second-order valence-electron chi connectivity index (χ2n) is 4.12. The predicted molar refractivity (Wildman–Crippen MR) is 77.1 cm³/mol. The summed E-state index contributed by atoms with van der Waals surface area (Å²) in [6.07, 6.45) is 8.32. The third kappa shape index (κ3) is 3.66. The van der Waals surface area contributed by atoms with E-state index >= 15 is 0 Å². The lowest BCUT2D eigenvalue weighted by Gasteiger charge is -2.04. The molecule has 0 radical (unpaired) electrons. The van der Waals surface area contributed by atoms with E-state index in [1.54, 1.807) is 24.5 Å². The summed E-state index contributed by atoms with van der Waals surface area (Å²) in [7, 11) is 0. The number of aromatic nitrogens is 2. The Bertz CT molecular complexity index is 610. The van der Waals surface area contributed by atoms with Gasteiger partial charge in [0.2, 0.25) is 0 Å². The molecule has 0 N–H and O–H groups in total. The third-order valence-electron chi connectivity index (χ3n) is 2.65. The highest BCUT2D eigenvalue weighted by Gasteiger charge is 2.02. The molecule has 1 heterocycles. The topological polar surface area (TPSA) is 58.8 Å². The number of nitrogens with zero attached hydrogens (tertiary/aromatic N) is 3. The average Bonchev–Trinajstić information content (AvgIpc) is 2.52. The van der Waals surface area contributed by atoms with Crippen LogP contribution in [0, 0.1) is 11.3 Å². The Kier molecular flexibility index (Phi) is 4.85. The molecule has 0 fully saturated rings. The monoisotopic (exact) mass is 265 g/mol. The molecular formula is C16H15N3O. The second-order valence-corrected chi connectivity index (χ2v) is 4.12. The molecule has 100 valence electrons. The summed E-state index contributed by atoms with van der Waals surface area (Å²) >= 11 is 0. The highest BCUT2D eigenvalue weighted by Crippen LogP contribution is 2.17. The van der Waals surface area contributed by atoms with Crippen LogP contribution in [0.5, 0.6) is 5.75 Å². The number of benzene rings is 1. The molecule has 0 aliphatic rings. The van der Waals surface area contributed by atoms with E-state index in [2.05, 4.69) is 23.0 Å². The van der Waals surface area contributed by atoms with Gasteiger partial charge in [-0.25, -0.2) is 9.97 Å². The predicted octanol–water partition coefficient (Wildman–Crippen LogP) is 3.36. The molecule has 20 heavy (non-hydrogen) atoms. The number of allylic oxidation sites excluding steroid dienone is 1. The van der Waals surface area contributed by atoms with Gasteiger partial charge in [-0.15, -0.1) is 0 Å². The van der Waals surface area contributed by atoms with Crippen LogP contribution in [0.15, 0.2) is 48.8 Å². The fourth-order valence-corrected chi connectivity index (χ4v) is 1.61. The van der Waals surface area contributed by atoms with Crippen molar-refractivity contribution in [3.05, 3.63) is 54.4 Å². The highest BCUT2D eigenvalue weighted by atomic mass is 16.5. The molecule has 0 atom stereocenters. The molecule has 0 unspecified atom stereocenters. The van der Waals surface area contributed by atoms with E-state index in [0.29, 0.717) is 23.7 Å². The molecule has 0 amide bonds. The zero-order chi connectivity index (χ0) is 14.2. The van der Waals surface area contributed by atoms with Gasteiger partial charge in [-0.1, -0.05) is 19.1 Å². The minimum Gasteiger partial charge on any atom is -0.486 e. The molecule has 4 nitrogen and oxygen atoms in total. The smallest absolute Gasteiger partial charge is 0.159 e. The van der Waals surface area contributed by atoms with E-state index in [4.69, 9.17) is 10.00 Å². The van der Waals surface area contributed by atoms with Crippen LogP contribution in [0.1, 0.15) is 18.9 Å². The summed E-state index contributed by atoms with van der Waals surface area (Å²) in [6.45, 7) is 2.60. The summed E-state index contributed by atoms with van der Waals surface area (Å²) in [4.78, 5) is 8.52. The Morgan fingerprint density at radius 2 is 1.85 bits per heavy atom. The van der Waals surface area contributed by atoms with Crippen LogP contribution < -0.4 is 4.74 Å². The van der Waals surface area contributed by atoms with Crippen molar-refractivity contribution in [2.75, 3.05) is 6.61 Å². The van der Waals surface area contributed by atoms with Crippen molar-refractivity contribution in [1.82, 2.24) is 9.97 Å². The SMILES string of the molecule is CC/C=C/COc1cnc(-c2ccc(C#N)cc2)nc1. The van der Waals surface area contributed by atoms with Gasteiger partial charge in [0.15, 0.2) is 11.6 Å². The Hall–Kier alpha value is -2.67. The van der Waals surface area contributed by atoms with Gasteiger partial charge in [-0.3, -0.25) is 0 Å². The number of hydrogen-bond donors (Lipinski definition) is 0. The van der Waals surface area contributed by atoms with Crippen LogP contribution in [0.3, 0.4) is 0 Å². The summed E-state index contributed by atoms with van der Waals surface area (Å²) in [6, 6.07) is 9.24. The van der Waals surface area contributed by atoms with Crippen LogP contribution in [0.2, 0.25) is 0 Å². The lowest BCUT2D eigenvalue weighted by atomic mass is 10.1. The van der Waals surface area contributed by atoms with Gasteiger partial charge < -0.3 is 4.74 Å². The largest absolute Gasteiger partial charge is 0.486 e. The molecule has 0 aliphatic heterocycles. The van der Waals surface area contributed by atoms with Gasteiger partial charge in [0, 0.05) is 5.56 Å². The van der Waals surface area contributed by atoms with Crippen molar-refractivity contribution >= 4 is 0 Å². The standard InChI is InChI=1S/C16H15N3O/c1-2-3-4-9-20-15-11-18-16(19-12-15)14-7-5-13(10-17)6-8-14/h3-8,11-12H,2,9H2,1H3/b4-3+. The summed E-state index contributed by atoms with van der Waals surface area (Å²) in [5.74, 6) is 1.26. The van der Waals surface area contributed by atoms with E-state index < -0.39 is 0 Å². The van der Waals surface area contributed by atoms with Crippen molar-refractivity contribution in [1.29, 1.82) is 5.26 Å². The van der Waals surface area contributed by atoms with Crippen LogP contribution >= 0.6 is 0 Å². The van der Waals surface area contributed by atoms with Gasteiger partial charge >= 0.3 is 0 Å². The van der Waals surface area contributed by atoms with E-state index in [9.17, 15) is 0 Å². The van der Waals surface area contributed by atoms with Crippen molar-refractivity contribution in [2.24, 2.45) is 0 Å². The first-order chi connectivity index (χ1) is 9.83. The Morgan fingerprint density at radius 3 is 2.45 bits per heavy atom. The Labute approximate surface area is 118 Å². The first-order valence-corrected chi connectivity index (χ1v) is 6.44. The maximum Gasteiger partial charge on any atom is 0.159 e. The zero-order valence-electron chi connectivity index (χ0n) is 11.3. The first kappa shape index (κ1) is 13.8. The van der Waals surface area contributed by atoms with Crippen molar-refractivity contribution < 1.29 is 4.74 Å². The molecule has 2 aromatic rings. The molecule has 0 aliphatic carbocycles. The lowest BCUT2D eigenvalue weighted by Crippen LogP contribution is -1.96. The zero-order valence-corrected chi connectivity index (χ0v) is 11.3. The molecule has 0 bridgehead atoms. The van der Waals surface area contributed by atoms with Gasteiger partial charge in [0.25, 0.3) is 0 Å². The minimum absolute atomic E-state index is 0.521. The van der Waals surface area contributed by atoms with E-state index in [0.717, 1.165) is 12.0 Å². The van der Waals surface area contributed by atoms with E-state index in [1.165, 1.54) is 0 Å². The van der Waals surface area contributed by atoms with Crippen molar-refractivity contribution in [3.63, 3.8) is 0 Å². The van der Waals surface area contributed by atoms with Crippen molar-refractivity contribution in [3.8, 4) is 23.2 Å². The normalized spacial score (nSPS) is 10.4. The van der Waals surface area contributed by atoms with Gasteiger partial charge in [-0.2, -0.15) is 5.26 Å². The van der Waals surface area contributed by atoms with Gasteiger partial charge in [0.1, 0.15) is 6.61 Å². The van der Waals surface area contributed by atoms with Gasteiger partial charge in [-0.05, 0) is 30.7 Å². The Morgan fingerprint density at radius 1 is 1.15 bits per heavy atom. The summed E-state index contributed by atoms with van der Waals surface area (Å²) in [5.41, 5.74) is 1.50. The quantitative estimate of drug-likeness (QED) is 0.778. The number of nitriles is 1. The van der Waals surface area contributed by atoms with Crippen molar-refractivity contribution in [2.45, 2.75) is 13.3 Å². The van der Waals surface area contributed by atoms with Crippen LogP contribution in [-0.4, -0.2) is 16.6 Å². The molecule has 1 aromatic heterocycles. The average molecular weight is 265 g/mol. The number of rotatable bonds is 5. The maximum absolute atomic E-state index is 8.75. The fourth-order valence-electron chi connectivity index (χ4n) is 1.61. The molecule has 1 aromatic carbocycles. The van der Waals surface area contributed by atoms with E-state index in [-0.39, 0.29) is 0 Å². The highest BCUT2D eigenvalue weighted by molar-refractivity contribution is 5.56. The fraction of sp³-hybridized carbons (Fsp3) is 0.188. The van der Waals surface area contributed by atoms with Crippen LogP contribution in [-0.2, 0) is 0 Å². The third-order valence-corrected chi connectivity index (χ3v) is 2.65. The minimum atomic E-state index is 0.521. The molecule has 0 saturated heterocycles. The Balaban J connectivity index is 2.03. The summed E-state index contributed by atoms with van der Waals surface area (Å²) < 4.78 is 5.48. The summed E-state index contributed by atoms with van der Waals surface area (Å²) in [5, 5.41) is 8.75. The molecule has 4 heteroatoms. The lowest BCUT2D eigenvalue weighted by molar-refractivity contribution is 0.359. The van der Waals surface area contributed by atoms with Crippen LogP contribution in [0.25, 0.3) is 11.4 Å².